The minimum absolute atomic E-state index is 0. The van der Waals surface area contributed by atoms with Crippen molar-refractivity contribution < 1.29 is 30.7 Å². The van der Waals surface area contributed by atoms with Crippen LogP contribution in [0.5, 0.6) is 0 Å². The number of hydrogen-bond acceptors (Lipinski definition) is 2. The molecule has 0 fully saturated rings. The van der Waals surface area contributed by atoms with Crippen molar-refractivity contribution in [2.24, 2.45) is 0 Å². The van der Waals surface area contributed by atoms with Crippen LogP contribution in [-0.2, 0) is 30.7 Å². The van der Waals surface area contributed by atoms with Gasteiger partial charge < -0.3 is 9.59 Å². The summed E-state index contributed by atoms with van der Waals surface area (Å²) in [5.74, 6) is 0.633. The monoisotopic (exact) mass is 345 g/mol. The van der Waals surface area contributed by atoms with Crippen molar-refractivity contribution in [1.82, 2.24) is 0 Å². The van der Waals surface area contributed by atoms with E-state index in [1.165, 1.54) is 6.92 Å². The molecule has 4 heteroatoms. The van der Waals surface area contributed by atoms with Crippen LogP contribution in [0.3, 0.4) is 0 Å². The molecular weight excluding hydrogens is 335 g/mol. The van der Waals surface area contributed by atoms with Crippen LogP contribution in [0.25, 0.3) is 0 Å². The van der Waals surface area contributed by atoms with Crippen LogP contribution in [0.2, 0.25) is 0 Å². The van der Waals surface area contributed by atoms with Gasteiger partial charge in [-0.2, -0.15) is 13.3 Å². The third-order valence-electron chi connectivity index (χ3n) is 1.19. The van der Waals surface area contributed by atoms with Crippen molar-refractivity contribution >= 4 is 22.6 Å². The second-order valence-corrected chi connectivity index (χ2v) is 2.60. The van der Waals surface area contributed by atoms with E-state index >= 15 is 0 Å². The number of carbonyl (C=O) groups excluding carboxylic acids is 2. The zero-order valence-corrected chi connectivity index (χ0v) is 10.2. The van der Waals surface area contributed by atoms with Gasteiger partial charge in [-0.25, -0.2) is 0 Å². The van der Waals surface area contributed by atoms with Gasteiger partial charge in [-0.05, 0) is 13.3 Å². The fourth-order valence-corrected chi connectivity index (χ4v) is 0.556. The maximum absolute atomic E-state index is 10.4. The van der Waals surface area contributed by atoms with Crippen LogP contribution in [0.4, 0.5) is 0 Å². The molecule has 2 nitrogen and oxygen atoms in total. The van der Waals surface area contributed by atoms with E-state index in [0.29, 0.717) is 18.8 Å². The maximum Gasteiger partial charge on any atom is 0.127 e. The molecule has 0 atom stereocenters. The molecular formula is C7H10ClO2W-. The van der Waals surface area contributed by atoms with Crippen molar-refractivity contribution in [2.45, 2.75) is 26.7 Å². The molecule has 64 valence electrons. The Morgan fingerprint density at radius 1 is 1.45 bits per heavy atom. The van der Waals surface area contributed by atoms with Crippen LogP contribution < -0.4 is 0 Å². The van der Waals surface area contributed by atoms with Gasteiger partial charge in [0, 0.05) is 21.1 Å². The average Bonchev–Trinajstić information content (AvgIpc) is 1.82. The first-order valence-corrected chi connectivity index (χ1v) is 3.43. The van der Waals surface area contributed by atoms with Gasteiger partial charge in [0.2, 0.25) is 0 Å². The van der Waals surface area contributed by atoms with Crippen LogP contribution in [0.15, 0.2) is 0 Å². The predicted molar refractivity (Wildman–Crippen MR) is 39.7 cm³/mol. The van der Waals surface area contributed by atoms with E-state index in [2.05, 4.69) is 0 Å². The molecule has 0 aliphatic heterocycles. The van der Waals surface area contributed by atoms with Crippen molar-refractivity contribution in [2.75, 3.05) is 0 Å². The van der Waals surface area contributed by atoms with Crippen LogP contribution in [0.1, 0.15) is 26.7 Å². The Kier molecular flexibility index (Phi) is 8.59. The predicted octanol–water partition coefficient (Wildman–Crippen LogP) is 1.71. The maximum atomic E-state index is 10.4. The number of ketones is 1. The van der Waals surface area contributed by atoms with Gasteiger partial charge in [-0.1, -0.05) is 11.6 Å². The summed E-state index contributed by atoms with van der Waals surface area (Å²) in [5.41, 5.74) is 0. The zero-order valence-electron chi connectivity index (χ0n) is 6.52. The zero-order chi connectivity index (χ0) is 8.15. The minimum atomic E-state index is -0.443. The molecule has 0 aromatic heterocycles. The van der Waals surface area contributed by atoms with Crippen molar-refractivity contribution in [3.05, 3.63) is 5.92 Å². The van der Waals surface area contributed by atoms with E-state index in [0.717, 1.165) is 0 Å². The third kappa shape index (κ3) is 8.09. The summed E-state index contributed by atoms with van der Waals surface area (Å²) in [4.78, 5) is 20.8. The van der Waals surface area contributed by atoms with Gasteiger partial charge >= 0.3 is 0 Å². The molecule has 0 aromatic carbocycles. The van der Waals surface area contributed by atoms with Crippen molar-refractivity contribution in [3.8, 4) is 0 Å². The van der Waals surface area contributed by atoms with Gasteiger partial charge in [0.25, 0.3) is 0 Å². The Morgan fingerprint density at radius 2 is 1.91 bits per heavy atom. The van der Waals surface area contributed by atoms with E-state index in [1.54, 1.807) is 6.92 Å². The molecule has 0 amide bonds. The summed E-state index contributed by atoms with van der Waals surface area (Å²) >= 11 is 5.12. The van der Waals surface area contributed by atoms with E-state index in [9.17, 15) is 9.59 Å². The first-order chi connectivity index (χ1) is 4.54. The molecule has 0 spiro atoms. The second-order valence-electron chi connectivity index (χ2n) is 2.26. The Labute approximate surface area is 85.9 Å². The van der Waals surface area contributed by atoms with E-state index in [4.69, 9.17) is 11.6 Å². The summed E-state index contributed by atoms with van der Waals surface area (Å²) in [5, 5.41) is -0.443. The Hall–Kier alpha value is 0.188. The van der Waals surface area contributed by atoms with E-state index in [1.807, 2.05) is 0 Å². The first-order valence-electron chi connectivity index (χ1n) is 3.05. The summed E-state index contributed by atoms with van der Waals surface area (Å²) < 4.78 is 0. The molecule has 0 unspecified atom stereocenters. The van der Waals surface area contributed by atoms with Gasteiger partial charge in [-0.3, -0.25) is 5.92 Å². The largest absolute Gasteiger partial charge is 0.317 e. The van der Waals surface area contributed by atoms with Gasteiger partial charge in [0.1, 0.15) is 5.78 Å². The number of rotatable bonds is 4. The van der Waals surface area contributed by atoms with E-state index < -0.39 is 5.24 Å². The Balaban J connectivity index is 0. The molecule has 11 heavy (non-hydrogen) atoms. The fraction of sp³-hybridized carbons (Fsp3) is 0.571. The Morgan fingerprint density at radius 3 is 2.18 bits per heavy atom. The van der Waals surface area contributed by atoms with Crippen LogP contribution in [-0.4, -0.2) is 11.0 Å². The molecule has 0 aromatic rings. The molecule has 0 aliphatic rings. The molecule has 0 rings (SSSR count). The number of halogens is 1. The van der Waals surface area contributed by atoms with Crippen LogP contribution in [0, 0.1) is 5.92 Å². The third-order valence-corrected chi connectivity index (χ3v) is 1.51. The summed E-state index contributed by atoms with van der Waals surface area (Å²) in [6.07, 6.45) is 0.891. The van der Waals surface area contributed by atoms with Crippen molar-refractivity contribution in [3.63, 3.8) is 0 Å². The SMILES string of the molecule is CC(=O)CC[C-](C)C(=O)Cl.[W]. The van der Waals surface area contributed by atoms with Gasteiger partial charge in [0.15, 0.2) is 0 Å². The molecule has 0 saturated carbocycles. The number of Topliss-reactive ketones (excluding diaryl/α,β-unsaturated/α-hetero) is 1. The molecule has 0 heterocycles. The summed E-state index contributed by atoms with van der Waals surface area (Å²) in [6, 6.07) is 0. The number of hydrogen-bond donors (Lipinski definition) is 0. The fourth-order valence-electron chi connectivity index (χ4n) is 0.462. The number of carbonyl (C=O) groups is 2. The van der Waals surface area contributed by atoms with Crippen molar-refractivity contribution in [1.29, 1.82) is 0 Å². The topological polar surface area (TPSA) is 34.1 Å². The van der Waals surface area contributed by atoms with Gasteiger partial charge in [0.05, 0.1) is 5.24 Å². The molecule has 0 bridgehead atoms. The molecule has 0 radical (unpaired) electrons. The normalized spacial score (nSPS) is 8.27. The smallest absolute Gasteiger partial charge is 0.127 e. The minimum Gasteiger partial charge on any atom is -0.317 e. The Bertz CT molecular complexity index is 147. The second kappa shape index (κ2) is 6.87. The standard InChI is InChI=1S/C7H10ClO2.W/c1-5(7(8)10)3-4-6(2)9;/h3-4H2,1-2H3;/q-1;. The molecule has 0 N–H and O–H groups in total. The molecule has 0 saturated heterocycles. The molecule has 0 aliphatic carbocycles. The quantitative estimate of drug-likeness (QED) is 0.574. The first kappa shape index (κ1) is 13.8. The van der Waals surface area contributed by atoms with E-state index in [-0.39, 0.29) is 26.8 Å². The summed E-state index contributed by atoms with van der Waals surface area (Å²) in [7, 11) is 0. The van der Waals surface area contributed by atoms with Gasteiger partial charge in [-0.15, -0.1) is 0 Å². The summed E-state index contributed by atoms with van der Waals surface area (Å²) in [6.45, 7) is 3.13. The average molecular weight is 345 g/mol. The van der Waals surface area contributed by atoms with Crippen LogP contribution >= 0.6 is 11.6 Å².